The summed E-state index contributed by atoms with van der Waals surface area (Å²) in [6, 6.07) is 8.62. The average Bonchev–Trinajstić information content (AvgIpc) is 2.82. The number of hydrogen-bond donors (Lipinski definition) is 1. The number of rotatable bonds is 8. The average molecular weight is 497 g/mol. The van der Waals surface area contributed by atoms with Gasteiger partial charge in [-0.15, -0.1) is 0 Å². The molecule has 0 spiro atoms. The van der Waals surface area contributed by atoms with Gasteiger partial charge >= 0.3 is 6.61 Å². The third-order valence-corrected chi connectivity index (χ3v) is 5.39. The highest BCUT2D eigenvalue weighted by atomic mass is 35.5. The fourth-order valence-electron chi connectivity index (χ4n) is 3.32. The summed E-state index contributed by atoms with van der Waals surface area (Å²) in [6.45, 7) is -2.45. The van der Waals surface area contributed by atoms with Crippen molar-refractivity contribution >= 4 is 17.3 Å². The molecule has 0 saturated carbocycles. The summed E-state index contributed by atoms with van der Waals surface area (Å²) in [7, 11) is 0. The molecular formula is C22H20ClF3N4O4. The van der Waals surface area contributed by atoms with E-state index in [0.29, 0.717) is 30.9 Å². The van der Waals surface area contributed by atoms with E-state index in [4.69, 9.17) is 21.1 Å². The Morgan fingerprint density at radius 3 is 2.59 bits per heavy atom. The molecule has 1 fully saturated rings. The van der Waals surface area contributed by atoms with Crippen molar-refractivity contribution in [2.24, 2.45) is 0 Å². The van der Waals surface area contributed by atoms with Crippen molar-refractivity contribution in [2.45, 2.75) is 25.1 Å². The SMILES string of the molecule is O=c1c(Cl)c(NC[C@@]2(F)CCCOC2)cnn1-c1ccc(Oc2ccc(OC(F)F)cc2)nc1. The zero-order chi connectivity index (χ0) is 24.1. The Hall–Kier alpha value is -3.31. The molecule has 0 aliphatic carbocycles. The molecule has 2 aromatic heterocycles. The fraction of sp³-hybridized carbons (Fsp3) is 0.318. The lowest BCUT2D eigenvalue weighted by molar-refractivity contribution is -0.0498. The summed E-state index contributed by atoms with van der Waals surface area (Å²) in [4.78, 5) is 16.8. The molecule has 1 aromatic carbocycles. The molecule has 1 aliphatic heterocycles. The van der Waals surface area contributed by atoms with E-state index >= 15 is 0 Å². The van der Waals surface area contributed by atoms with Gasteiger partial charge in [0.15, 0.2) is 5.67 Å². The highest BCUT2D eigenvalue weighted by Crippen LogP contribution is 2.26. The number of anilines is 1. The van der Waals surface area contributed by atoms with Crippen LogP contribution >= 0.6 is 11.6 Å². The minimum Gasteiger partial charge on any atom is -0.439 e. The van der Waals surface area contributed by atoms with Crippen LogP contribution in [0.2, 0.25) is 5.02 Å². The molecule has 1 saturated heterocycles. The van der Waals surface area contributed by atoms with Gasteiger partial charge < -0.3 is 19.5 Å². The molecule has 8 nitrogen and oxygen atoms in total. The summed E-state index contributed by atoms with van der Waals surface area (Å²) in [5, 5.41) is 6.80. The number of nitrogens with one attached hydrogen (secondary N) is 1. The van der Waals surface area contributed by atoms with Gasteiger partial charge in [-0.25, -0.2) is 9.37 Å². The van der Waals surface area contributed by atoms with Gasteiger partial charge in [0.2, 0.25) is 5.88 Å². The van der Waals surface area contributed by atoms with Crippen LogP contribution in [0.5, 0.6) is 17.4 Å². The number of hydrogen-bond acceptors (Lipinski definition) is 7. The van der Waals surface area contributed by atoms with E-state index < -0.39 is 17.8 Å². The fourth-order valence-corrected chi connectivity index (χ4v) is 3.51. The molecule has 1 atom stereocenters. The Balaban J connectivity index is 1.43. The molecule has 12 heteroatoms. The van der Waals surface area contributed by atoms with Crippen molar-refractivity contribution in [3.05, 3.63) is 64.2 Å². The minimum atomic E-state index is -2.91. The van der Waals surface area contributed by atoms with Gasteiger partial charge in [-0.2, -0.15) is 18.6 Å². The number of nitrogens with zero attached hydrogens (tertiary/aromatic N) is 3. The Bertz CT molecular complexity index is 1170. The maximum atomic E-state index is 14.7. The first-order chi connectivity index (χ1) is 16.3. The normalized spacial score (nSPS) is 18.0. The summed E-state index contributed by atoms with van der Waals surface area (Å²) in [6.07, 6.45) is 3.67. The van der Waals surface area contributed by atoms with Gasteiger partial charge in [0.25, 0.3) is 5.56 Å². The van der Waals surface area contributed by atoms with Gasteiger partial charge in [-0.3, -0.25) is 4.79 Å². The number of alkyl halides is 3. The largest absolute Gasteiger partial charge is 0.439 e. The van der Waals surface area contributed by atoms with Crippen LogP contribution in [0.1, 0.15) is 12.8 Å². The molecule has 4 rings (SSSR count). The number of benzene rings is 1. The van der Waals surface area contributed by atoms with Gasteiger partial charge in [0.1, 0.15) is 16.5 Å². The second-order valence-corrected chi connectivity index (χ2v) is 7.93. The summed E-state index contributed by atoms with van der Waals surface area (Å²) >= 11 is 6.20. The van der Waals surface area contributed by atoms with E-state index in [1.807, 2.05) is 0 Å². The second kappa shape index (κ2) is 10.3. The molecule has 0 unspecified atom stereocenters. The molecule has 1 aliphatic rings. The summed E-state index contributed by atoms with van der Waals surface area (Å²) in [5.74, 6) is 0.552. The van der Waals surface area contributed by atoms with E-state index in [0.717, 1.165) is 4.68 Å². The maximum Gasteiger partial charge on any atom is 0.387 e. The zero-order valence-corrected chi connectivity index (χ0v) is 18.5. The molecule has 1 N–H and O–H groups in total. The molecule has 0 bridgehead atoms. The zero-order valence-electron chi connectivity index (χ0n) is 17.7. The monoisotopic (exact) mass is 496 g/mol. The molecule has 34 heavy (non-hydrogen) atoms. The lowest BCUT2D eigenvalue weighted by Crippen LogP contribution is -2.40. The van der Waals surface area contributed by atoms with Crippen LogP contribution in [0.15, 0.2) is 53.6 Å². The molecule has 3 heterocycles. The smallest absolute Gasteiger partial charge is 0.387 e. The quantitative estimate of drug-likeness (QED) is 0.487. The summed E-state index contributed by atoms with van der Waals surface area (Å²) in [5.41, 5.74) is -1.59. The lowest BCUT2D eigenvalue weighted by atomic mass is 9.99. The topological polar surface area (TPSA) is 87.5 Å². The highest BCUT2D eigenvalue weighted by molar-refractivity contribution is 6.32. The minimum absolute atomic E-state index is 0.000296. The van der Waals surface area contributed by atoms with Crippen molar-refractivity contribution in [2.75, 3.05) is 25.1 Å². The van der Waals surface area contributed by atoms with Crippen LogP contribution in [-0.2, 0) is 4.74 Å². The van der Waals surface area contributed by atoms with E-state index in [2.05, 4.69) is 20.1 Å². The van der Waals surface area contributed by atoms with E-state index in [-0.39, 0.29) is 35.5 Å². The molecular weight excluding hydrogens is 477 g/mol. The first-order valence-electron chi connectivity index (χ1n) is 10.3. The van der Waals surface area contributed by atoms with Gasteiger partial charge in [-0.1, -0.05) is 11.6 Å². The van der Waals surface area contributed by atoms with Gasteiger partial charge in [-0.05, 0) is 43.2 Å². The predicted molar refractivity (Wildman–Crippen MR) is 118 cm³/mol. The molecule has 0 amide bonds. The van der Waals surface area contributed by atoms with Crippen LogP contribution in [0.25, 0.3) is 5.69 Å². The van der Waals surface area contributed by atoms with Crippen LogP contribution in [0.3, 0.4) is 0 Å². The van der Waals surface area contributed by atoms with Crippen LogP contribution < -0.4 is 20.3 Å². The number of pyridine rings is 1. The van der Waals surface area contributed by atoms with Crippen molar-refractivity contribution in [3.63, 3.8) is 0 Å². The Kier molecular flexibility index (Phi) is 7.23. The van der Waals surface area contributed by atoms with Crippen LogP contribution in [0.4, 0.5) is 18.9 Å². The van der Waals surface area contributed by atoms with Crippen molar-refractivity contribution in [3.8, 4) is 23.1 Å². The highest BCUT2D eigenvalue weighted by Gasteiger charge is 2.32. The Labute approximate surface area is 197 Å². The summed E-state index contributed by atoms with van der Waals surface area (Å²) < 4.78 is 55.2. The Morgan fingerprint density at radius 1 is 1.18 bits per heavy atom. The molecule has 3 aromatic rings. The lowest BCUT2D eigenvalue weighted by Gasteiger charge is -2.29. The van der Waals surface area contributed by atoms with E-state index in [1.165, 1.54) is 42.7 Å². The number of ether oxygens (including phenoxy) is 3. The number of aromatic nitrogens is 3. The van der Waals surface area contributed by atoms with Crippen molar-refractivity contribution in [1.29, 1.82) is 0 Å². The van der Waals surface area contributed by atoms with Crippen molar-refractivity contribution < 1.29 is 27.4 Å². The maximum absolute atomic E-state index is 14.7. The third-order valence-electron chi connectivity index (χ3n) is 5.03. The first-order valence-corrected chi connectivity index (χ1v) is 10.7. The van der Waals surface area contributed by atoms with Gasteiger partial charge in [0, 0.05) is 12.7 Å². The predicted octanol–water partition coefficient (Wildman–Crippen LogP) is 4.61. The second-order valence-electron chi connectivity index (χ2n) is 7.56. The van der Waals surface area contributed by atoms with Crippen LogP contribution in [0, 0.1) is 0 Å². The molecule has 180 valence electrons. The first kappa shape index (κ1) is 23.8. The third kappa shape index (κ3) is 5.78. The number of halogens is 4. The standard InChI is InChI=1S/C22H20ClF3N4O4/c23-19-17(28-12-22(26)8-1-9-32-13-22)11-29-30(20(19)31)14-2-7-18(27-10-14)33-15-3-5-16(6-4-15)34-21(24)25/h2-7,10-11,21,28H,1,8-9,12-13H2/t22-/m0/s1. The van der Waals surface area contributed by atoms with Crippen LogP contribution in [-0.4, -0.2) is 46.8 Å². The van der Waals surface area contributed by atoms with Crippen molar-refractivity contribution in [1.82, 2.24) is 14.8 Å². The van der Waals surface area contributed by atoms with Gasteiger partial charge in [0.05, 0.1) is 36.9 Å². The van der Waals surface area contributed by atoms with E-state index in [1.54, 1.807) is 6.07 Å². The molecule has 0 radical (unpaired) electrons. The van der Waals surface area contributed by atoms with E-state index in [9.17, 15) is 18.0 Å². The Morgan fingerprint density at radius 2 is 1.94 bits per heavy atom.